The summed E-state index contributed by atoms with van der Waals surface area (Å²) in [5.41, 5.74) is 2.13. The van der Waals surface area contributed by atoms with Gasteiger partial charge in [-0.1, -0.05) is 6.07 Å². The van der Waals surface area contributed by atoms with Gasteiger partial charge in [0.25, 0.3) is 5.91 Å². The zero-order valence-corrected chi connectivity index (χ0v) is 12.3. The van der Waals surface area contributed by atoms with Crippen molar-refractivity contribution in [1.29, 1.82) is 0 Å². The van der Waals surface area contributed by atoms with Gasteiger partial charge in [0, 0.05) is 30.0 Å². The van der Waals surface area contributed by atoms with Gasteiger partial charge < -0.3 is 10.2 Å². The predicted octanol–water partition coefficient (Wildman–Crippen LogP) is 3.92. The summed E-state index contributed by atoms with van der Waals surface area (Å²) in [5, 5.41) is 3.18. The Kier molecular flexibility index (Phi) is 4.93. The number of hydrogen-bond acceptors (Lipinski definition) is 2. The van der Waals surface area contributed by atoms with E-state index < -0.39 is 0 Å². The molecule has 110 valence electrons. The Balaban J connectivity index is 2.23. The molecule has 2 rings (SSSR count). The normalized spacial score (nSPS) is 10.2. The van der Waals surface area contributed by atoms with Crippen LogP contribution in [0.1, 0.15) is 24.2 Å². The van der Waals surface area contributed by atoms with Crippen LogP contribution >= 0.6 is 0 Å². The third-order valence-electron chi connectivity index (χ3n) is 3.19. The molecule has 0 heterocycles. The zero-order valence-electron chi connectivity index (χ0n) is 12.3. The van der Waals surface area contributed by atoms with Gasteiger partial charge >= 0.3 is 0 Å². The quantitative estimate of drug-likeness (QED) is 0.903. The molecule has 4 heteroatoms. The number of carbonyl (C=O) groups is 1. The molecule has 0 saturated heterocycles. The third kappa shape index (κ3) is 3.60. The van der Waals surface area contributed by atoms with Crippen molar-refractivity contribution in [3.8, 4) is 0 Å². The Morgan fingerprint density at radius 1 is 1.14 bits per heavy atom. The first-order valence-electron chi connectivity index (χ1n) is 7.07. The van der Waals surface area contributed by atoms with Crippen LogP contribution in [0.4, 0.5) is 15.8 Å². The number of anilines is 2. The van der Waals surface area contributed by atoms with Crippen molar-refractivity contribution in [1.82, 2.24) is 0 Å². The third-order valence-corrected chi connectivity index (χ3v) is 3.19. The number of halogens is 1. The molecule has 0 radical (unpaired) electrons. The van der Waals surface area contributed by atoms with E-state index in [-0.39, 0.29) is 11.7 Å². The minimum Gasteiger partial charge on any atom is -0.385 e. The second-order valence-corrected chi connectivity index (χ2v) is 4.64. The van der Waals surface area contributed by atoms with Gasteiger partial charge in [0.05, 0.1) is 0 Å². The second kappa shape index (κ2) is 6.88. The number of carbonyl (C=O) groups excluding carboxylic acids is 1. The van der Waals surface area contributed by atoms with Gasteiger partial charge in [-0.05, 0) is 56.3 Å². The molecule has 1 N–H and O–H groups in total. The van der Waals surface area contributed by atoms with E-state index in [1.165, 1.54) is 12.1 Å². The van der Waals surface area contributed by atoms with E-state index in [4.69, 9.17) is 0 Å². The molecule has 0 saturated carbocycles. The largest absolute Gasteiger partial charge is 0.385 e. The lowest BCUT2D eigenvalue weighted by Crippen LogP contribution is -2.30. The van der Waals surface area contributed by atoms with Crippen molar-refractivity contribution in [2.24, 2.45) is 0 Å². The maximum atomic E-state index is 13.3. The molecule has 0 aliphatic heterocycles. The van der Waals surface area contributed by atoms with Crippen molar-refractivity contribution in [3.05, 3.63) is 59.9 Å². The molecule has 3 nitrogen and oxygen atoms in total. The molecule has 0 fully saturated rings. The number of rotatable bonds is 5. The van der Waals surface area contributed by atoms with Gasteiger partial charge in [-0.25, -0.2) is 4.39 Å². The predicted molar refractivity (Wildman–Crippen MR) is 84.4 cm³/mol. The first kappa shape index (κ1) is 15.0. The van der Waals surface area contributed by atoms with Crippen molar-refractivity contribution >= 4 is 17.3 Å². The van der Waals surface area contributed by atoms with Gasteiger partial charge in [0.2, 0.25) is 0 Å². The Morgan fingerprint density at radius 3 is 2.43 bits per heavy atom. The van der Waals surface area contributed by atoms with Crippen LogP contribution in [-0.4, -0.2) is 19.0 Å². The van der Waals surface area contributed by atoms with Crippen LogP contribution in [0.25, 0.3) is 0 Å². The van der Waals surface area contributed by atoms with Crippen LogP contribution < -0.4 is 10.2 Å². The molecule has 2 aromatic carbocycles. The standard InChI is InChI=1S/C17H19FN2O/c1-3-19-15-10-8-13(9-11-15)17(21)20(4-2)16-7-5-6-14(18)12-16/h5-12,19H,3-4H2,1-2H3. The highest BCUT2D eigenvalue weighted by molar-refractivity contribution is 6.06. The van der Waals surface area contributed by atoms with E-state index in [1.54, 1.807) is 29.2 Å². The monoisotopic (exact) mass is 286 g/mol. The fourth-order valence-corrected chi connectivity index (χ4v) is 2.18. The van der Waals surface area contributed by atoms with Crippen molar-refractivity contribution < 1.29 is 9.18 Å². The van der Waals surface area contributed by atoms with Crippen LogP contribution in [0.2, 0.25) is 0 Å². The molecular formula is C17H19FN2O. The second-order valence-electron chi connectivity index (χ2n) is 4.64. The summed E-state index contributed by atoms with van der Waals surface area (Å²) in [6, 6.07) is 13.4. The van der Waals surface area contributed by atoms with E-state index in [1.807, 2.05) is 26.0 Å². The highest BCUT2D eigenvalue weighted by Gasteiger charge is 2.16. The molecule has 2 aromatic rings. The van der Waals surface area contributed by atoms with Gasteiger partial charge in [0.15, 0.2) is 0 Å². The highest BCUT2D eigenvalue weighted by Crippen LogP contribution is 2.19. The van der Waals surface area contributed by atoms with Crippen molar-refractivity contribution in [3.63, 3.8) is 0 Å². The molecule has 0 atom stereocenters. The van der Waals surface area contributed by atoms with Crippen LogP contribution in [0, 0.1) is 5.82 Å². The lowest BCUT2D eigenvalue weighted by Gasteiger charge is -2.21. The van der Waals surface area contributed by atoms with Crippen LogP contribution in [0.3, 0.4) is 0 Å². The summed E-state index contributed by atoms with van der Waals surface area (Å²) < 4.78 is 13.3. The molecular weight excluding hydrogens is 267 g/mol. The average Bonchev–Trinajstić information content (AvgIpc) is 2.49. The maximum Gasteiger partial charge on any atom is 0.258 e. The van der Waals surface area contributed by atoms with E-state index in [2.05, 4.69) is 5.32 Å². The molecule has 21 heavy (non-hydrogen) atoms. The molecule has 0 aromatic heterocycles. The minimum absolute atomic E-state index is 0.133. The fourth-order valence-electron chi connectivity index (χ4n) is 2.18. The highest BCUT2D eigenvalue weighted by atomic mass is 19.1. The summed E-state index contributed by atoms with van der Waals surface area (Å²) in [6.45, 7) is 5.20. The number of benzene rings is 2. The lowest BCUT2D eigenvalue weighted by atomic mass is 10.1. The molecule has 0 bridgehead atoms. The van der Waals surface area contributed by atoms with Crippen LogP contribution in [-0.2, 0) is 0 Å². The number of amides is 1. The fraction of sp³-hybridized carbons (Fsp3) is 0.235. The lowest BCUT2D eigenvalue weighted by molar-refractivity contribution is 0.0988. The Morgan fingerprint density at radius 2 is 1.86 bits per heavy atom. The summed E-state index contributed by atoms with van der Waals surface area (Å²) in [6.07, 6.45) is 0. The number of nitrogens with zero attached hydrogens (tertiary/aromatic N) is 1. The molecule has 0 aliphatic rings. The topological polar surface area (TPSA) is 32.3 Å². The molecule has 0 spiro atoms. The summed E-state index contributed by atoms with van der Waals surface area (Å²) >= 11 is 0. The SMILES string of the molecule is CCNc1ccc(C(=O)N(CC)c2cccc(F)c2)cc1. The summed E-state index contributed by atoms with van der Waals surface area (Å²) in [7, 11) is 0. The summed E-state index contributed by atoms with van der Waals surface area (Å²) in [5.74, 6) is -0.479. The van der Waals surface area contributed by atoms with Gasteiger partial charge in [0.1, 0.15) is 5.82 Å². The Hall–Kier alpha value is -2.36. The number of hydrogen-bond donors (Lipinski definition) is 1. The molecule has 1 amide bonds. The van der Waals surface area contributed by atoms with E-state index >= 15 is 0 Å². The minimum atomic E-state index is -0.346. The first-order chi connectivity index (χ1) is 10.2. The zero-order chi connectivity index (χ0) is 15.2. The molecule has 0 aliphatic carbocycles. The van der Waals surface area contributed by atoms with Gasteiger partial charge in [-0.3, -0.25) is 4.79 Å². The van der Waals surface area contributed by atoms with Gasteiger partial charge in [-0.15, -0.1) is 0 Å². The van der Waals surface area contributed by atoms with E-state index in [9.17, 15) is 9.18 Å². The maximum absolute atomic E-state index is 13.3. The van der Waals surface area contributed by atoms with Crippen LogP contribution in [0.5, 0.6) is 0 Å². The molecule has 0 unspecified atom stereocenters. The smallest absolute Gasteiger partial charge is 0.258 e. The first-order valence-corrected chi connectivity index (χ1v) is 7.07. The van der Waals surface area contributed by atoms with Crippen molar-refractivity contribution in [2.45, 2.75) is 13.8 Å². The Bertz CT molecular complexity index is 610. The summed E-state index contributed by atoms with van der Waals surface area (Å²) in [4.78, 5) is 14.1. The van der Waals surface area contributed by atoms with Crippen molar-refractivity contribution in [2.75, 3.05) is 23.3 Å². The van der Waals surface area contributed by atoms with E-state index in [0.29, 0.717) is 17.8 Å². The Labute approximate surface area is 124 Å². The van der Waals surface area contributed by atoms with E-state index in [0.717, 1.165) is 12.2 Å². The average molecular weight is 286 g/mol. The number of nitrogens with one attached hydrogen (secondary N) is 1. The van der Waals surface area contributed by atoms with Gasteiger partial charge in [-0.2, -0.15) is 0 Å². The van der Waals surface area contributed by atoms with Crippen LogP contribution in [0.15, 0.2) is 48.5 Å².